The molecule has 0 aromatic heterocycles. The lowest BCUT2D eigenvalue weighted by atomic mass is 9.76. The largest absolute Gasteiger partial charge is 0.491 e. The summed E-state index contributed by atoms with van der Waals surface area (Å²) in [5.41, 5.74) is 2.07. The molecule has 0 bridgehead atoms. The van der Waals surface area contributed by atoms with Crippen molar-refractivity contribution < 1.29 is 22.6 Å². The molecule has 0 amide bonds. The molecule has 0 spiro atoms. The highest BCUT2D eigenvalue weighted by molar-refractivity contribution is 5.32. The van der Waals surface area contributed by atoms with E-state index in [4.69, 9.17) is 9.47 Å². The smallest absolute Gasteiger partial charge is 0.165 e. The Hall–Kier alpha value is -2.01. The molecule has 2 nitrogen and oxygen atoms in total. The van der Waals surface area contributed by atoms with Crippen molar-refractivity contribution in [3.05, 3.63) is 64.5 Å². The van der Waals surface area contributed by atoms with Crippen LogP contribution in [0.15, 0.2) is 30.3 Å². The lowest BCUT2D eigenvalue weighted by Gasteiger charge is -2.31. The summed E-state index contributed by atoms with van der Waals surface area (Å²) in [7, 11) is 0. The highest BCUT2D eigenvalue weighted by Crippen LogP contribution is 2.41. The maximum atomic E-state index is 15.2. The second-order valence-electron chi connectivity index (χ2n) is 11.0. The summed E-state index contributed by atoms with van der Waals surface area (Å²) in [6.45, 7) is 5.24. The van der Waals surface area contributed by atoms with Crippen LogP contribution in [0.3, 0.4) is 0 Å². The zero-order valence-corrected chi connectivity index (χ0v) is 22.5. The van der Waals surface area contributed by atoms with Gasteiger partial charge >= 0.3 is 0 Å². The first-order valence-corrected chi connectivity index (χ1v) is 14.5. The summed E-state index contributed by atoms with van der Waals surface area (Å²) in [4.78, 5) is 0. The van der Waals surface area contributed by atoms with Gasteiger partial charge in [0.05, 0.1) is 12.7 Å². The van der Waals surface area contributed by atoms with Crippen LogP contribution in [0.2, 0.25) is 0 Å². The molecule has 0 heterocycles. The van der Waals surface area contributed by atoms with Crippen LogP contribution in [-0.4, -0.2) is 19.3 Å². The zero-order valence-electron chi connectivity index (χ0n) is 22.5. The average molecular weight is 517 g/mol. The topological polar surface area (TPSA) is 18.5 Å². The van der Waals surface area contributed by atoms with Gasteiger partial charge in [0.1, 0.15) is 0 Å². The molecule has 0 aliphatic heterocycles. The summed E-state index contributed by atoms with van der Waals surface area (Å²) >= 11 is 0. The molecule has 2 aliphatic rings. The summed E-state index contributed by atoms with van der Waals surface area (Å²) in [5.74, 6) is -0.580. The second-order valence-corrected chi connectivity index (χ2v) is 11.0. The average Bonchev–Trinajstić information content (AvgIpc) is 2.91. The molecule has 0 unspecified atom stereocenters. The number of benzene rings is 2. The fourth-order valence-corrected chi connectivity index (χ4v) is 6.25. The monoisotopic (exact) mass is 516 g/mol. The van der Waals surface area contributed by atoms with Gasteiger partial charge in [-0.3, -0.25) is 0 Å². The first-order chi connectivity index (χ1) is 18.0. The molecule has 0 radical (unpaired) electrons. The predicted octanol–water partition coefficient (Wildman–Crippen LogP) is 9.25. The Morgan fingerprint density at radius 3 is 1.97 bits per heavy atom. The van der Waals surface area contributed by atoms with Crippen molar-refractivity contribution in [3.63, 3.8) is 0 Å². The number of aryl methyl sites for hydroxylation is 1. The quantitative estimate of drug-likeness (QED) is 0.277. The van der Waals surface area contributed by atoms with E-state index in [-0.39, 0.29) is 23.8 Å². The molecule has 2 saturated carbocycles. The third-order valence-electron chi connectivity index (χ3n) is 8.53. The number of rotatable bonds is 11. The third kappa shape index (κ3) is 7.31. The van der Waals surface area contributed by atoms with Crippen LogP contribution in [0.5, 0.6) is 5.75 Å². The molecule has 2 aromatic rings. The van der Waals surface area contributed by atoms with Crippen molar-refractivity contribution >= 4 is 0 Å². The SMILES string of the molecule is CCCCOC1CCC(c2ccc(C3CCC(CCc4ccc(OCC)c(F)c4)CC3)c(F)c2F)CC1. The van der Waals surface area contributed by atoms with Crippen molar-refractivity contribution in [1.29, 1.82) is 0 Å². The number of ether oxygens (including phenoxy) is 2. The Labute approximate surface area is 220 Å². The third-order valence-corrected chi connectivity index (χ3v) is 8.53. The molecule has 204 valence electrons. The summed E-state index contributed by atoms with van der Waals surface area (Å²) in [6, 6.07) is 8.92. The van der Waals surface area contributed by atoms with Gasteiger partial charge in [-0.1, -0.05) is 31.5 Å². The van der Waals surface area contributed by atoms with Gasteiger partial charge in [-0.15, -0.1) is 0 Å². The number of hydrogen-bond acceptors (Lipinski definition) is 2. The van der Waals surface area contributed by atoms with E-state index in [9.17, 15) is 4.39 Å². The maximum Gasteiger partial charge on any atom is 0.165 e. The number of hydrogen-bond donors (Lipinski definition) is 0. The van der Waals surface area contributed by atoms with Gasteiger partial charge in [-0.25, -0.2) is 13.2 Å². The van der Waals surface area contributed by atoms with Crippen LogP contribution in [0, 0.1) is 23.4 Å². The highest BCUT2D eigenvalue weighted by Gasteiger charge is 2.30. The fourth-order valence-electron chi connectivity index (χ4n) is 6.25. The zero-order chi connectivity index (χ0) is 26.2. The lowest BCUT2D eigenvalue weighted by molar-refractivity contribution is 0.0230. The van der Waals surface area contributed by atoms with Crippen LogP contribution >= 0.6 is 0 Å². The van der Waals surface area contributed by atoms with Gasteiger partial charge < -0.3 is 9.47 Å². The van der Waals surface area contributed by atoms with Crippen molar-refractivity contribution in [2.24, 2.45) is 5.92 Å². The van der Waals surface area contributed by atoms with Gasteiger partial charge in [-0.05, 0) is 124 Å². The minimum atomic E-state index is -0.632. The molecule has 4 rings (SSSR count). The molecule has 5 heteroatoms. The van der Waals surface area contributed by atoms with Gasteiger partial charge in [0.25, 0.3) is 0 Å². The van der Waals surface area contributed by atoms with E-state index in [1.54, 1.807) is 12.1 Å². The van der Waals surface area contributed by atoms with E-state index in [1.165, 1.54) is 0 Å². The molecule has 0 N–H and O–H groups in total. The molecule has 37 heavy (non-hydrogen) atoms. The number of halogens is 3. The Morgan fingerprint density at radius 2 is 1.41 bits per heavy atom. The first kappa shape index (κ1) is 28.0. The highest BCUT2D eigenvalue weighted by atomic mass is 19.2. The van der Waals surface area contributed by atoms with Crippen LogP contribution in [0.25, 0.3) is 0 Å². The van der Waals surface area contributed by atoms with Gasteiger partial charge in [0, 0.05) is 6.61 Å². The standard InChI is InChI=1S/C32H43F3O2/c1-3-5-20-37-26-15-13-25(14-16-26)28-18-17-27(31(34)32(28)35)24-11-8-22(9-12-24)6-7-23-10-19-30(36-4-2)29(33)21-23/h10,17-19,21-22,24-26H,3-9,11-16,20H2,1-2H3. The van der Waals surface area contributed by atoms with Crippen molar-refractivity contribution in [1.82, 2.24) is 0 Å². The normalized spacial score (nSPS) is 24.2. The molecule has 2 fully saturated rings. The Kier molecular flexibility index (Phi) is 10.4. The van der Waals surface area contributed by atoms with E-state index in [0.29, 0.717) is 29.4 Å². The molecule has 0 saturated heterocycles. The minimum Gasteiger partial charge on any atom is -0.491 e. The van der Waals surface area contributed by atoms with Crippen LogP contribution in [-0.2, 0) is 11.2 Å². The summed E-state index contributed by atoms with van der Waals surface area (Å²) < 4.78 is 55.8. The molecular formula is C32H43F3O2. The fraction of sp³-hybridized carbons (Fsp3) is 0.625. The van der Waals surface area contributed by atoms with Crippen molar-refractivity contribution in [2.45, 2.75) is 109 Å². The lowest BCUT2D eigenvalue weighted by Crippen LogP contribution is -2.22. The van der Waals surface area contributed by atoms with Gasteiger partial charge in [0.15, 0.2) is 23.2 Å². The molecule has 0 atom stereocenters. The first-order valence-electron chi connectivity index (χ1n) is 14.5. The number of unbranched alkanes of at least 4 members (excludes halogenated alkanes) is 1. The van der Waals surface area contributed by atoms with Gasteiger partial charge in [0.2, 0.25) is 0 Å². The summed E-state index contributed by atoms with van der Waals surface area (Å²) in [6.07, 6.45) is 11.6. The van der Waals surface area contributed by atoms with E-state index < -0.39 is 11.6 Å². The Balaban J connectivity index is 1.27. The van der Waals surface area contributed by atoms with E-state index in [1.807, 2.05) is 25.1 Å². The van der Waals surface area contributed by atoms with E-state index in [0.717, 1.165) is 89.2 Å². The van der Waals surface area contributed by atoms with Crippen LogP contribution in [0.1, 0.15) is 113 Å². The molecule has 2 aromatic carbocycles. The van der Waals surface area contributed by atoms with E-state index in [2.05, 4.69) is 6.92 Å². The summed E-state index contributed by atoms with van der Waals surface area (Å²) in [5, 5.41) is 0. The Bertz CT molecular complexity index is 992. The maximum absolute atomic E-state index is 15.2. The van der Waals surface area contributed by atoms with Crippen molar-refractivity contribution in [3.8, 4) is 5.75 Å². The predicted molar refractivity (Wildman–Crippen MR) is 143 cm³/mol. The minimum absolute atomic E-state index is 0.0745. The van der Waals surface area contributed by atoms with Crippen molar-refractivity contribution in [2.75, 3.05) is 13.2 Å². The van der Waals surface area contributed by atoms with Gasteiger partial charge in [-0.2, -0.15) is 0 Å². The van der Waals surface area contributed by atoms with E-state index >= 15 is 8.78 Å². The molecule has 2 aliphatic carbocycles. The van der Waals surface area contributed by atoms with Crippen LogP contribution in [0.4, 0.5) is 13.2 Å². The second kappa shape index (κ2) is 13.7. The molecular weight excluding hydrogens is 473 g/mol. The Morgan fingerprint density at radius 1 is 0.784 bits per heavy atom. The van der Waals surface area contributed by atoms with Crippen LogP contribution < -0.4 is 4.74 Å².